The summed E-state index contributed by atoms with van der Waals surface area (Å²) < 4.78 is 13.4. The zero-order chi connectivity index (χ0) is 13.8. The third-order valence-electron chi connectivity index (χ3n) is 2.89. The van der Waals surface area contributed by atoms with Gasteiger partial charge < -0.3 is 5.32 Å². The lowest BCUT2D eigenvalue weighted by atomic mass is 9.98. The van der Waals surface area contributed by atoms with Crippen LogP contribution in [0.5, 0.6) is 0 Å². The quantitative estimate of drug-likeness (QED) is 0.852. The summed E-state index contributed by atoms with van der Waals surface area (Å²) in [4.78, 5) is 0. The molecule has 0 spiro atoms. The Morgan fingerprint density at radius 2 is 1.74 bits per heavy atom. The standard InChI is InChI=1S/C15H14Cl2FN/c1-2-19-15(11-5-3-4-6-13(11)16)12-9-10(18)7-8-14(12)17/h3-9,15,19H,2H2,1H3. The van der Waals surface area contributed by atoms with Crippen molar-refractivity contribution >= 4 is 23.2 Å². The van der Waals surface area contributed by atoms with Gasteiger partial charge in [0.25, 0.3) is 0 Å². The summed E-state index contributed by atoms with van der Waals surface area (Å²) in [5, 5.41) is 4.44. The topological polar surface area (TPSA) is 12.0 Å². The van der Waals surface area contributed by atoms with Crippen LogP contribution in [-0.2, 0) is 0 Å². The summed E-state index contributed by atoms with van der Waals surface area (Å²) in [5.74, 6) is -0.311. The van der Waals surface area contributed by atoms with Gasteiger partial charge in [0.1, 0.15) is 5.82 Å². The van der Waals surface area contributed by atoms with E-state index in [2.05, 4.69) is 5.32 Å². The van der Waals surface area contributed by atoms with E-state index in [0.717, 1.165) is 12.1 Å². The average Bonchev–Trinajstić information content (AvgIpc) is 2.40. The minimum Gasteiger partial charge on any atom is -0.306 e. The van der Waals surface area contributed by atoms with Crippen molar-refractivity contribution in [3.8, 4) is 0 Å². The molecular weight excluding hydrogens is 284 g/mol. The third kappa shape index (κ3) is 3.27. The molecule has 0 fully saturated rings. The van der Waals surface area contributed by atoms with E-state index in [9.17, 15) is 4.39 Å². The van der Waals surface area contributed by atoms with Crippen LogP contribution < -0.4 is 5.32 Å². The average molecular weight is 298 g/mol. The largest absolute Gasteiger partial charge is 0.306 e. The van der Waals surface area contributed by atoms with E-state index in [1.165, 1.54) is 12.1 Å². The van der Waals surface area contributed by atoms with Crippen LogP contribution in [0.25, 0.3) is 0 Å². The van der Waals surface area contributed by atoms with Crippen LogP contribution in [-0.4, -0.2) is 6.54 Å². The Labute approximate surface area is 122 Å². The highest BCUT2D eigenvalue weighted by atomic mass is 35.5. The fourth-order valence-corrected chi connectivity index (χ4v) is 2.51. The molecule has 0 bridgehead atoms. The van der Waals surface area contributed by atoms with Crippen LogP contribution >= 0.6 is 23.2 Å². The molecule has 0 saturated heterocycles. The number of halogens is 3. The van der Waals surface area contributed by atoms with Crippen molar-refractivity contribution in [3.05, 3.63) is 69.5 Å². The molecule has 0 aromatic heterocycles. The molecule has 2 aromatic carbocycles. The molecule has 4 heteroatoms. The first-order chi connectivity index (χ1) is 9.13. The Hall–Kier alpha value is -1.09. The fourth-order valence-electron chi connectivity index (χ4n) is 2.04. The summed E-state index contributed by atoms with van der Waals surface area (Å²) in [6.07, 6.45) is 0. The van der Waals surface area contributed by atoms with Gasteiger partial charge in [0, 0.05) is 10.0 Å². The third-order valence-corrected chi connectivity index (χ3v) is 3.58. The van der Waals surface area contributed by atoms with E-state index >= 15 is 0 Å². The molecule has 0 amide bonds. The highest BCUT2D eigenvalue weighted by Crippen LogP contribution is 2.32. The van der Waals surface area contributed by atoms with Crippen LogP contribution in [0.4, 0.5) is 4.39 Å². The van der Waals surface area contributed by atoms with Crippen LogP contribution in [0.2, 0.25) is 10.0 Å². The SMILES string of the molecule is CCNC(c1ccccc1Cl)c1cc(F)ccc1Cl. The molecular formula is C15H14Cl2FN. The van der Waals surface area contributed by atoms with E-state index in [-0.39, 0.29) is 11.9 Å². The van der Waals surface area contributed by atoms with E-state index in [1.54, 1.807) is 6.07 Å². The summed E-state index contributed by atoms with van der Waals surface area (Å²) in [6.45, 7) is 2.71. The number of benzene rings is 2. The van der Waals surface area contributed by atoms with Crippen molar-refractivity contribution in [2.24, 2.45) is 0 Å². The first-order valence-electron chi connectivity index (χ1n) is 6.06. The predicted molar refractivity (Wildman–Crippen MR) is 78.4 cm³/mol. The predicted octanol–water partition coefficient (Wildman–Crippen LogP) is 4.83. The molecule has 1 N–H and O–H groups in total. The van der Waals surface area contributed by atoms with Crippen molar-refractivity contribution < 1.29 is 4.39 Å². The minimum absolute atomic E-state index is 0.220. The second-order valence-corrected chi connectivity index (χ2v) is 4.99. The first-order valence-corrected chi connectivity index (χ1v) is 6.81. The van der Waals surface area contributed by atoms with Gasteiger partial charge in [-0.25, -0.2) is 4.39 Å². The Balaban J connectivity index is 2.51. The van der Waals surface area contributed by atoms with Crippen molar-refractivity contribution in [1.82, 2.24) is 5.32 Å². The summed E-state index contributed by atoms with van der Waals surface area (Å²) in [6, 6.07) is 11.6. The van der Waals surface area contributed by atoms with Gasteiger partial charge >= 0.3 is 0 Å². The molecule has 2 aromatic rings. The maximum absolute atomic E-state index is 13.4. The number of hydrogen-bond donors (Lipinski definition) is 1. The van der Waals surface area contributed by atoms with Gasteiger partial charge in [-0.1, -0.05) is 48.3 Å². The lowest BCUT2D eigenvalue weighted by Crippen LogP contribution is -2.22. The van der Waals surface area contributed by atoms with Gasteiger partial charge in [0.15, 0.2) is 0 Å². The van der Waals surface area contributed by atoms with Crippen molar-refractivity contribution in [2.75, 3.05) is 6.54 Å². The molecule has 0 heterocycles. The van der Waals surface area contributed by atoms with Gasteiger partial charge in [0.05, 0.1) is 6.04 Å². The number of rotatable bonds is 4. The molecule has 1 unspecified atom stereocenters. The Morgan fingerprint density at radius 1 is 1.05 bits per heavy atom. The normalized spacial score (nSPS) is 12.4. The van der Waals surface area contributed by atoms with Gasteiger partial charge in [-0.2, -0.15) is 0 Å². The zero-order valence-electron chi connectivity index (χ0n) is 10.5. The maximum atomic E-state index is 13.4. The van der Waals surface area contributed by atoms with Crippen LogP contribution in [0.15, 0.2) is 42.5 Å². The van der Waals surface area contributed by atoms with Gasteiger partial charge in [-0.3, -0.25) is 0 Å². The summed E-state index contributed by atoms with van der Waals surface area (Å²) in [5.41, 5.74) is 1.58. The van der Waals surface area contributed by atoms with E-state index < -0.39 is 0 Å². The Morgan fingerprint density at radius 3 is 2.42 bits per heavy atom. The van der Waals surface area contributed by atoms with E-state index in [1.807, 2.05) is 31.2 Å². The van der Waals surface area contributed by atoms with E-state index in [0.29, 0.717) is 15.6 Å². The molecule has 100 valence electrons. The van der Waals surface area contributed by atoms with Crippen molar-refractivity contribution in [2.45, 2.75) is 13.0 Å². The lowest BCUT2D eigenvalue weighted by molar-refractivity contribution is 0.603. The molecule has 0 radical (unpaired) electrons. The second-order valence-electron chi connectivity index (χ2n) is 4.18. The summed E-state index contributed by atoms with van der Waals surface area (Å²) >= 11 is 12.4. The molecule has 1 nitrogen and oxygen atoms in total. The Bertz CT molecular complexity index is 572. The van der Waals surface area contributed by atoms with Gasteiger partial charge in [0.2, 0.25) is 0 Å². The van der Waals surface area contributed by atoms with Crippen molar-refractivity contribution in [3.63, 3.8) is 0 Å². The monoisotopic (exact) mass is 297 g/mol. The minimum atomic E-state index is -0.311. The molecule has 0 aliphatic carbocycles. The fraction of sp³-hybridized carbons (Fsp3) is 0.200. The van der Waals surface area contributed by atoms with Gasteiger partial charge in [-0.05, 0) is 41.9 Å². The van der Waals surface area contributed by atoms with E-state index in [4.69, 9.17) is 23.2 Å². The molecule has 19 heavy (non-hydrogen) atoms. The van der Waals surface area contributed by atoms with Crippen LogP contribution in [0.3, 0.4) is 0 Å². The first kappa shape index (κ1) is 14.3. The summed E-state index contributed by atoms with van der Waals surface area (Å²) in [7, 11) is 0. The molecule has 2 rings (SSSR count). The van der Waals surface area contributed by atoms with Crippen LogP contribution in [0.1, 0.15) is 24.1 Å². The molecule has 0 saturated carbocycles. The molecule has 1 atom stereocenters. The number of hydrogen-bond acceptors (Lipinski definition) is 1. The zero-order valence-corrected chi connectivity index (χ0v) is 12.0. The molecule has 0 aliphatic heterocycles. The highest BCUT2D eigenvalue weighted by molar-refractivity contribution is 6.32. The smallest absolute Gasteiger partial charge is 0.123 e. The maximum Gasteiger partial charge on any atom is 0.123 e. The van der Waals surface area contributed by atoms with Crippen LogP contribution in [0, 0.1) is 5.82 Å². The lowest BCUT2D eigenvalue weighted by Gasteiger charge is -2.21. The van der Waals surface area contributed by atoms with Crippen molar-refractivity contribution in [1.29, 1.82) is 0 Å². The van der Waals surface area contributed by atoms with Gasteiger partial charge in [-0.15, -0.1) is 0 Å². The molecule has 0 aliphatic rings. The number of nitrogens with one attached hydrogen (secondary N) is 1. The second kappa shape index (κ2) is 6.38. The highest BCUT2D eigenvalue weighted by Gasteiger charge is 2.18. The Kier molecular flexibility index (Phi) is 4.81.